The van der Waals surface area contributed by atoms with Crippen molar-refractivity contribution in [2.24, 2.45) is 0 Å². The van der Waals surface area contributed by atoms with Crippen LogP contribution < -0.4 is 20.1 Å². The molecule has 2 amide bonds. The van der Waals surface area contributed by atoms with Crippen molar-refractivity contribution < 1.29 is 28.5 Å². The van der Waals surface area contributed by atoms with E-state index in [9.17, 15) is 9.59 Å². The summed E-state index contributed by atoms with van der Waals surface area (Å²) < 4.78 is 21.6. The number of carbonyl (C=O) groups is 2. The van der Waals surface area contributed by atoms with E-state index in [4.69, 9.17) is 18.9 Å². The van der Waals surface area contributed by atoms with Crippen LogP contribution in [0.15, 0.2) is 18.2 Å². The Morgan fingerprint density at radius 3 is 2.34 bits per heavy atom. The third-order valence-corrected chi connectivity index (χ3v) is 5.41. The minimum absolute atomic E-state index is 0.0155. The number of amides is 2. The molecule has 1 aromatic rings. The van der Waals surface area contributed by atoms with Crippen LogP contribution in [-0.4, -0.2) is 51.6 Å². The molecule has 1 aliphatic rings. The molecule has 0 unspecified atom stereocenters. The van der Waals surface area contributed by atoms with E-state index in [1.54, 1.807) is 14.2 Å². The normalized spacial score (nSPS) is 15.5. The first-order valence-corrected chi connectivity index (χ1v) is 11.3. The van der Waals surface area contributed by atoms with Crippen LogP contribution in [0, 0.1) is 0 Å². The molecule has 0 spiro atoms. The van der Waals surface area contributed by atoms with Gasteiger partial charge in [0, 0.05) is 26.2 Å². The zero-order chi connectivity index (χ0) is 23.6. The summed E-state index contributed by atoms with van der Waals surface area (Å²) >= 11 is 0. The summed E-state index contributed by atoms with van der Waals surface area (Å²) in [5.41, 5.74) is 0.0111. The molecule has 1 aromatic carbocycles. The summed E-state index contributed by atoms with van der Waals surface area (Å²) in [6.45, 7) is 7.20. The Morgan fingerprint density at radius 2 is 1.72 bits per heavy atom. The summed E-state index contributed by atoms with van der Waals surface area (Å²) in [7, 11) is 3.21. The fourth-order valence-corrected chi connectivity index (χ4v) is 3.76. The smallest absolute Gasteiger partial charge is 0.407 e. The number of carbonyl (C=O) groups excluding carboxylic acids is 2. The van der Waals surface area contributed by atoms with E-state index in [0.29, 0.717) is 50.5 Å². The molecule has 2 N–H and O–H groups in total. The fourth-order valence-electron chi connectivity index (χ4n) is 3.76. The average molecular weight is 451 g/mol. The molecule has 0 saturated carbocycles. The fraction of sp³-hybridized carbons (Fsp3) is 0.667. The third kappa shape index (κ3) is 7.89. The maximum absolute atomic E-state index is 12.8. The van der Waals surface area contributed by atoms with E-state index in [-0.39, 0.29) is 5.91 Å². The molecular formula is C24H38N2O6. The average Bonchev–Trinajstić information content (AvgIpc) is 2.75. The van der Waals surface area contributed by atoms with E-state index in [1.807, 2.05) is 39.0 Å². The number of rotatable bonds is 10. The van der Waals surface area contributed by atoms with Gasteiger partial charge in [-0.25, -0.2) is 4.79 Å². The SMILES string of the molecule is COc1ccc(C2(NC(=O)CCCCCNC(=O)OC(C)(C)C)CCOCC2)cc1OC. The first-order valence-electron chi connectivity index (χ1n) is 11.3. The van der Waals surface area contributed by atoms with Crippen molar-refractivity contribution in [2.75, 3.05) is 34.0 Å². The van der Waals surface area contributed by atoms with E-state index < -0.39 is 17.2 Å². The highest BCUT2D eigenvalue weighted by molar-refractivity contribution is 5.77. The van der Waals surface area contributed by atoms with Crippen LogP contribution in [0.25, 0.3) is 0 Å². The van der Waals surface area contributed by atoms with Crippen LogP contribution >= 0.6 is 0 Å². The van der Waals surface area contributed by atoms with E-state index in [0.717, 1.165) is 24.8 Å². The lowest BCUT2D eigenvalue weighted by Crippen LogP contribution is -2.49. The van der Waals surface area contributed by atoms with Crippen LogP contribution in [0.2, 0.25) is 0 Å². The van der Waals surface area contributed by atoms with E-state index in [2.05, 4.69) is 10.6 Å². The minimum Gasteiger partial charge on any atom is -0.493 e. The number of nitrogens with one attached hydrogen (secondary N) is 2. The van der Waals surface area contributed by atoms with Crippen molar-refractivity contribution in [1.82, 2.24) is 10.6 Å². The zero-order valence-corrected chi connectivity index (χ0v) is 20.0. The van der Waals surface area contributed by atoms with E-state index >= 15 is 0 Å². The number of hydrogen-bond acceptors (Lipinski definition) is 6. The number of benzene rings is 1. The molecule has 1 aliphatic heterocycles. The van der Waals surface area contributed by atoms with Crippen molar-refractivity contribution in [3.05, 3.63) is 23.8 Å². The first-order chi connectivity index (χ1) is 15.2. The topological polar surface area (TPSA) is 95.1 Å². The predicted octanol–water partition coefficient (Wildman–Crippen LogP) is 3.91. The second-order valence-electron chi connectivity index (χ2n) is 9.05. The Kier molecular flexibility index (Phi) is 9.62. The van der Waals surface area contributed by atoms with Crippen LogP contribution in [0.4, 0.5) is 4.79 Å². The van der Waals surface area contributed by atoms with Gasteiger partial charge < -0.3 is 29.6 Å². The highest BCUT2D eigenvalue weighted by Crippen LogP contribution is 2.37. The maximum Gasteiger partial charge on any atom is 0.407 e. The predicted molar refractivity (Wildman–Crippen MR) is 122 cm³/mol. The van der Waals surface area contributed by atoms with Gasteiger partial charge in [0.2, 0.25) is 5.91 Å². The molecule has 0 radical (unpaired) electrons. The van der Waals surface area contributed by atoms with Gasteiger partial charge in [-0.2, -0.15) is 0 Å². The van der Waals surface area contributed by atoms with Gasteiger partial charge in [0.25, 0.3) is 0 Å². The number of ether oxygens (including phenoxy) is 4. The Morgan fingerprint density at radius 1 is 1.03 bits per heavy atom. The van der Waals surface area contributed by atoms with Gasteiger partial charge in [0.05, 0.1) is 19.8 Å². The summed E-state index contributed by atoms with van der Waals surface area (Å²) in [5.74, 6) is 1.31. The molecule has 0 aromatic heterocycles. The molecule has 1 saturated heterocycles. The van der Waals surface area contributed by atoms with Crippen LogP contribution in [0.1, 0.15) is 64.9 Å². The molecule has 1 fully saturated rings. The molecular weight excluding hydrogens is 412 g/mol. The summed E-state index contributed by atoms with van der Waals surface area (Å²) in [6, 6.07) is 5.79. The lowest BCUT2D eigenvalue weighted by atomic mass is 9.82. The van der Waals surface area contributed by atoms with Crippen LogP contribution in [0.5, 0.6) is 11.5 Å². The molecule has 1 heterocycles. The number of unbranched alkanes of at least 4 members (excludes halogenated alkanes) is 2. The van der Waals surface area contributed by atoms with Gasteiger partial charge in [-0.05, 0) is 64.2 Å². The number of methoxy groups -OCH3 is 2. The summed E-state index contributed by atoms with van der Waals surface area (Å²) in [4.78, 5) is 24.4. The molecule has 0 aliphatic carbocycles. The van der Waals surface area contributed by atoms with Crippen LogP contribution in [0.3, 0.4) is 0 Å². The molecule has 0 atom stereocenters. The number of hydrogen-bond donors (Lipinski definition) is 2. The highest BCUT2D eigenvalue weighted by atomic mass is 16.6. The molecule has 8 heteroatoms. The minimum atomic E-state index is -0.504. The van der Waals surface area contributed by atoms with E-state index in [1.165, 1.54) is 0 Å². The first kappa shape index (κ1) is 25.8. The highest BCUT2D eigenvalue weighted by Gasteiger charge is 2.36. The third-order valence-electron chi connectivity index (χ3n) is 5.41. The lowest BCUT2D eigenvalue weighted by Gasteiger charge is -2.39. The van der Waals surface area contributed by atoms with Gasteiger partial charge in [-0.3, -0.25) is 4.79 Å². The van der Waals surface area contributed by atoms with Crippen molar-refractivity contribution in [3.63, 3.8) is 0 Å². The van der Waals surface area contributed by atoms with Crippen molar-refractivity contribution in [2.45, 2.75) is 70.4 Å². The maximum atomic E-state index is 12.8. The van der Waals surface area contributed by atoms with Gasteiger partial charge in [-0.1, -0.05) is 12.5 Å². The van der Waals surface area contributed by atoms with Crippen LogP contribution in [-0.2, 0) is 19.8 Å². The molecule has 180 valence electrons. The lowest BCUT2D eigenvalue weighted by molar-refractivity contribution is -0.124. The second-order valence-corrected chi connectivity index (χ2v) is 9.05. The van der Waals surface area contributed by atoms with Gasteiger partial charge in [0.15, 0.2) is 11.5 Å². The van der Waals surface area contributed by atoms with Gasteiger partial charge >= 0.3 is 6.09 Å². The Hall–Kier alpha value is -2.48. The van der Waals surface area contributed by atoms with Crippen molar-refractivity contribution in [3.8, 4) is 11.5 Å². The van der Waals surface area contributed by atoms with Crippen molar-refractivity contribution in [1.29, 1.82) is 0 Å². The number of alkyl carbamates (subject to hydrolysis) is 1. The Bertz CT molecular complexity index is 753. The molecule has 8 nitrogen and oxygen atoms in total. The van der Waals surface area contributed by atoms with Gasteiger partial charge in [-0.15, -0.1) is 0 Å². The molecule has 32 heavy (non-hydrogen) atoms. The zero-order valence-electron chi connectivity index (χ0n) is 20.0. The quantitative estimate of drug-likeness (QED) is 0.525. The summed E-state index contributed by atoms with van der Waals surface area (Å²) in [6.07, 6.45) is 3.81. The summed E-state index contributed by atoms with van der Waals surface area (Å²) in [5, 5.41) is 6.01. The Balaban J connectivity index is 1.85. The second kappa shape index (κ2) is 11.9. The van der Waals surface area contributed by atoms with Gasteiger partial charge in [0.1, 0.15) is 5.60 Å². The molecule has 2 rings (SSSR count). The standard InChI is InChI=1S/C24H38N2O6/c1-23(2,3)32-22(28)25-14-8-6-7-9-21(27)26-24(12-15-31-16-13-24)18-10-11-19(29-4)20(17-18)30-5/h10-11,17H,6-9,12-16H2,1-5H3,(H,25,28)(H,26,27). The monoisotopic (exact) mass is 450 g/mol. The Labute approximate surface area is 191 Å². The molecule has 0 bridgehead atoms. The largest absolute Gasteiger partial charge is 0.493 e. The van der Waals surface area contributed by atoms with Crippen molar-refractivity contribution >= 4 is 12.0 Å².